The predicted octanol–water partition coefficient (Wildman–Crippen LogP) is 4.51. The molecule has 1 N–H and O–H groups in total. The molecule has 4 heteroatoms. The topological polar surface area (TPSA) is 42.2 Å². The molecular formula is C15H16BrNO2. The van der Waals surface area contributed by atoms with Crippen LogP contribution in [0, 0.1) is 6.92 Å². The number of rotatable bonds is 3. The van der Waals surface area contributed by atoms with Crippen molar-refractivity contribution < 1.29 is 9.90 Å². The van der Waals surface area contributed by atoms with Gasteiger partial charge in [0.1, 0.15) is 5.69 Å². The average molecular weight is 322 g/mol. The Balaban J connectivity index is 2.69. The maximum absolute atomic E-state index is 11.3. The molecule has 0 aliphatic rings. The van der Waals surface area contributed by atoms with E-state index in [0.29, 0.717) is 5.69 Å². The Kier molecular flexibility index (Phi) is 3.80. The zero-order chi connectivity index (χ0) is 14.2. The van der Waals surface area contributed by atoms with Crippen molar-refractivity contribution in [2.24, 2.45) is 0 Å². The summed E-state index contributed by atoms with van der Waals surface area (Å²) in [5.74, 6) is -0.896. The van der Waals surface area contributed by atoms with Gasteiger partial charge in [0.15, 0.2) is 0 Å². The summed E-state index contributed by atoms with van der Waals surface area (Å²) < 4.78 is 2.88. The molecule has 0 aliphatic heterocycles. The van der Waals surface area contributed by atoms with Crippen LogP contribution in [0.1, 0.15) is 35.9 Å². The molecule has 19 heavy (non-hydrogen) atoms. The van der Waals surface area contributed by atoms with Crippen LogP contribution in [0.5, 0.6) is 0 Å². The normalized spacial score (nSPS) is 11.0. The van der Waals surface area contributed by atoms with Crippen LogP contribution in [0.15, 0.2) is 34.8 Å². The van der Waals surface area contributed by atoms with Crippen LogP contribution < -0.4 is 0 Å². The van der Waals surface area contributed by atoms with Gasteiger partial charge in [0.05, 0.1) is 0 Å². The highest BCUT2D eigenvalue weighted by atomic mass is 79.9. The van der Waals surface area contributed by atoms with E-state index >= 15 is 0 Å². The number of benzene rings is 1. The first-order chi connectivity index (χ1) is 8.93. The molecule has 1 heterocycles. The van der Waals surface area contributed by atoms with Crippen LogP contribution in [-0.4, -0.2) is 15.6 Å². The summed E-state index contributed by atoms with van der Waals surface area (Å²) in [4.78, 5) is 11.3. The van der Waals surface area contributed by atoms with E-state index in [1.54, 1.807) is 6.07 Å². The SMILES string of the molecule is Cc1c(Br)cccc1-c1ccc(C(=O)O)n1C(C)C. The van der Waals surface area contributed by atoms with Crippen molar-refractivity contribution in [3.05, 3.63) is 46.1 Å². The Morgan fingerprint density at radius 3 is 2.53 bits per heavy atom. The molecule has 1 aromatic carbocycles. The Labute approximate surface area is 121 Å². The Morgan fingerprint density at radius 1 is 1.26 bits per heavy atom. The molecule has 0 amide bonds. The first-order valence-electron chi connectivity index (χ1n) is 6.13. The van der Waals surface area contributed by atoms with Gasteiger partial charge in [-0.25, -0.2) is 4.79 Å². The zero-order valence-corrected chi connectivity index (χ0v) is 12.7. The van der Waals surface area contributed by atoms with Gasteiger partial charge in [-0.05, 0) is 44.5 Å². The molecule has 0 atom stereocenters. The third kappa shape index (κ3) is 2.45. The molecule has 0 radical (unpaired) electrons. The summed E-state index contributed by atoms with van der Waals surface area (Å²) in [7, 11) is 0. The van der Waals surface area contributed by atoms with Crippen molar-refractivity contribution in [3.8, 4) is 11.3 Å². The first kappa shape index (κ1) is 13.9. The largest absolute Gasteiger partial charge is 0.477 e. The quantitative estimate of drug-likeness (QED) is 0.904. The summed E-state index contributed by atoms with van der Waals surface area (Å²) in [6.07, 6.45) is 0. The number of aromatic nitrogens is 1. The molecule has 0 bridgehead atoms. The van der Waals surface area contributed by atoms with Gasteiger partial charge in [-0.1, -0.05) is 28.1 Å². The van der Waals surface area contributed by atoms with Crippen molar-refractivity contribution in [1.82, 2.24) is 4.57 Å². The van der Waals surface area contributed by atoms with Gasteiger partial charge in [0.25, 0.3) is 0 Å². The highest BCUT2D eigenvalue weighted by Gasteiger charge is 2.18. The number of carboxylic acids is 1. The Hall–Kier alpha value is -1.55. The molecule has 0 unspecified atom stereocenters. The van der Waals surface area contributed by atoms with Crippen molar-refractivity contribution >= 4 is 21.9 Å². The Bertz CT molecular complexity index is 629. The van der Waals surface area contributed by atoms with Crippen LogP contribution in [0.4, 0.5) is 0 Å². The fourth-order valence-electron chi connectivity index (χ4n) is 2.28. The number of halogens is 1. The van der Waals surface area contributed by atoms with E-state index in [1.807, 2.05) is 49.6 Å². The minimum atomic E-state index is -0.896. The monoisotopic (exact) mass is 321 g/mol. The maximum atomic E-state index is 11.3. The van der Waals surface area contributed by atoms with Gasteiger partial charge in [-0.15, -0.1) is 0 Å². The zero-order valence-electron chi connectivity index (χ0n) is 11.1. The summed E-state index contributed by atoms with van der Waals surface area (Å²) in [6, 6.07) is 9.59. The minimum Gasteiger partial charge on any atom is -0.477 e. The van der Waals surface area contributed by atoms with E-state index in [9.17, 15) is 9.90 Å². The third-order valence-corrected chi connectivity index (χ3v) is 4.06. The summed E-state index contributed by atoms with van der Waals surface area (Å²) in [6.45, 7) is 6.00. The minimum absolute atomic E-state index is 0.0921. The van der Waals surface area contributed by atoms with Gasteiger partial charge < -0.3 is 9.67 Å². The van der Waals surface area contributed by atoms with Crippen LogP contribution in [0.25, 0.3) is 11.3 Å². The lowest BCUT2D eigenvalue weighted by Gasteiger charge is -2.17. The van der Waals surface area contributed by atoms with E-state index in [0.717, 1.165) is 21.3 Å². The van der Waals surface area contributed by atoms with E-state index in [4.69, 9.17) is 0 Å². The van der Waals surface area contributed by atoms with Crippen molar-refractivity contribution in [2.45, 2.75) is 26.8 Å². The molecule has 3 nitrogen and oxygen atoms in total. The molecule has 0 spiro atoms. The van der Waals surface area contributed by atoms with Crippen molar-refractivity contribution in [2.75, 3.05) is 0 Å². The predicted molar refractivity (Wildman–Crippen MR) is 79.6 cm³/mol. The first-order valence-corrected chi connectivity index (χ1v) is 6.92. The fourth-order valence-corrected chi connectivity index (χ4v) is 2.65. The van der Waals surface area contributed by atoms with Gasteiger partial charge in [0, 0.05) is 21.8 Å². The number of carboxylic acid groups (broad SMARTS) is 1. The lowest BCUT2D eigenvalue weighted by Crippen LogP contribution is -2.11. The van der Waals surface area contributed by atoms with Gasteiger partial charge in [0.2, 0.25) is 0 Å². The van der Waals surface area contributed by atoms with Gasteiger partial charge >= 0.3 is 5.97 Å². The van der Waals surface area contributed by atoms with Crippen LogP contribution in [0.3, 0.4) is 0 Å². The van der Waals surface area contributed by atoms with Crippen molar-refractivity contribution in [1.29, 1.82) is 0 Å². The number of carbonyl (C=O) groups is 1. The molecule has 1 aromatic heterocycles. The lowest BCUT2D eigenvalue weighted by molar-refractivity contribution is 0.0683. The number of nitrogens with zero attached hydrogens (tertiary/aromatic N) is 1. The number of hydrogen-bond acceptors (Lipinski definition) is 1. The average Bonchev–Trinajstić information content (AvgIpc) is 2.77. The highest BCUT2D eigenvalue weighted by molar-refractivity contribution is 9.10. The molecule has 0 aliphatic carbocycles. The molecule has 2 rings (SSSR count). The smallest absolute Gasteiger partial charge is 0.352 e. The molecule has 0 fully saturated rings. The fraction of sp³-hybridized carbons (Fsp3) is 0.267. The van der Waals surface area contributed by atoms with Crippen molar-refractivity contribution in [3.63, 3.8) is 0 Å². The summed E-state index contributed by atoms with van der Waals surface area (Å²) >= 11 is 3.52. The van der Waals surface area contributed by atoms with E-state index in [2.05, 4.69) is 15.9 Å². The van der Waals surface area contributed by atoms with Crippen LogP contribution in [-0.2, 0) is 0 Å². The second-order valence-corrected chi connectivity index (χ2v) is 5.64. The van der Waals surface area contributed by atoms with Crippen LogP contribution >= 0.6 is 15.9 Å². The van der Waals surface area contributed by atoms with Crippen LogP contribution in [0.2, 0.25) is 0 Å². The van der Waals surface area contributed by atoms with Gasteiger partial charge in [-0.3, -0.25) is 0 Å². The second-order valence-electron chi connectivity index (χ2n) is 4.79. The summed E-state index contributed by atoms with van der Waals surface area (Å²) in [5.41, 5.74) is 3.42. The lowest BCUT2D eigenvalue weighted by atomic mass is 10.1. The number of hydrogen-bond donors (Lipinski definition) is 1. The Morgan fingerprint density at radius 2 is 1.95 bits per heavy atom. The van der Waals surface area contributed by atoms with E-state index in [-0.39, 0.29) is 6.04 Å². The second kappa shape index (κ2) is 5.21. The summed E-state index contributed by atoms with van der Waals surface area (Å²) in [5, 5.41) is 9.27. The van der Waals surface area contributed by atoms with E-state index < -0.39 is 5.97 Å². The molecule has 0 saturated heterocycles. The highest BCUT2D eigenvalue weighted by Crippen LogP contribution is 2.32. The van der Waals surface area contributed by atoms with Gasteiger partial charge in [-0.2, -0.15) is 0 Å². The molecular weight excluding hydrogens is 306 g/mol. The number of aromatic carboxylic acids is 1. The van der Waals surface area contributed by atoms with E-state index in [1.165, 1.54) is 0 Å². The standard InChI is InChI=1S/C15H16BrNO2/c1-9(2)17-13(7-8-14(17)15(18)19)11-5-4-6-12(16)10(11)3/h4-9H,1-3H3,(H,18,19). The molecule has 100 valence electrons. The molecule has 2 aromatic rings. The maximum Gasteiger partial charge on any atom is 0.352 e. The molecule has 0 saturated carbocycles. The third-order valence-electron chi connectivity index (χ3n) is 3.20.